The van der Waals surface area contributed by atoms with Crippen LogP contribution in [0.2, 0.25) is 0 Å². The molecule has 0 saturated heterocycles. The smallest absolute Gasteiger partial charge is 0.175 e. The van der Waals surface area contributed by atoms with Gasteiger partial charge in [0.1, 0.15) is 0 Å². The van der Waals surface area contributed by atoms with Crippen molar-refractivity contribution < 1.29 is 8.42 Å². The van der Waals surface area contributed by atoms with Crippen molar-refractivity contribution in [2.75, 3.05) is 11.6 Å². The number of rotatable bonds is 3. The fraction of sp³-hybridized carbons (Fsp3) is 0.571. The highest BCUT2D eigenvalue weighted by Crippen LogP contribution is 2.45. The predicted octanol–water partition coefficient (Wildman–Crippen LogP) is 2.69. The first-order valence-electron chi connectivity index (χ1n) is 6.59. The molecule has 0 aromatic heterocycles. The first kappa shape index (κ1) is 12.0. The Labute approximate surface area is 109 Å². The van der Waals surface area contributed by atoms with E-state index in [1.165, 1.54) is 31.9 Å². The zero-order chi connectivity index (χ0) is 12.8. The lowest BCUT2D eigenvalue weighted by Crippen LogP contribution is -2.25. The fourth-order valence-electron chi connectivity index (χ4n) is 3.45. The van der Waals surface area contributed by atoms with Gasteiger partial charge in [0.25, 0.3) is 0 Å². The van der Waals surface area contributed by atoms with E-state index in [9.17, 15) is 8.42 Å². The summed E-state index contributed by atoms with van der Waals surface area (Å²) in [5.74, 6) is 1.68. The van der Waals surface area contributed by atoms with Crippen LogP contribution in [0.1, 0.15) is 25.7 Å². The van der Waals surface area contributed by atoms with Crippen LogP contribution in [0, 0.1) is 11.8 Å². The van der Waals surface area contributed by atoms with Gasteiger partial charge in [-0.1, -0.05) is 12.5 Å². The second kappa shape index (κ2) is 4.26. The Hall–Kier alpha value is -1.03. The normalized spacial score (nSPS) is 30.6. The SMILES string of the molecule is CS(=O)(=O)c1cccc(NC2CC3CCC2C3)c1. The number of anilines is 1. The number of sulfone groups is 1. The molecule has 0 heterocycles. The maximum atomic E-state index is 11.5. The van der Waals surface area contributed by atoms with E-state index in [0.29, 0.717) is 10.9 Å². The lowest BCUT2D eigenvalue weighted by molar-refractivity contribution is 0.440. The average molecular weight is 265 g/mol. The minimum absolute atomic E-state index is 0.399. The van der Waals surface area contributed by atoms with Crippen LogP contribution in [-0.4, -0.2) is 20.7 Å². The van der Waals surface area contributed by atoms with Crippen LogP contribution in [-0.2, 0) is 9.84 Å². The van der Waals surface area contributed by atoms with Gasteiger partial charge in [-0.3, -0.25) is 0 Å². The summed E-state index contributed by atoms with van der Waals surface area (Å²) in [4.78, 5) is 0.399. The van der Waals surface area contributed by atoms with E-state index in [-0.39, 0.29) is 0 Å². The molecule has 0 aliphatic heterocycles. The van der Waals surface area contributed by atoms with Gasteiger partial charge in [0, 0.05) is 18.0 Å². The largest absolute Gasteiger partial charge is 0.382 e. The summed E-state index contributed by atoms with van der Waals surface area (Å²) >= 11 is 0. The molecule has 1 N–H and O–H groups in total. The third-order valence-corrected chi connectivity index (χ3v) is 5.46. The molecule has 98 valence electrons. The van der Waals surface area contributed by atoms with Crippen LogP contribution in [0.3, 0.4) is 0 Å². The Morgan fingerprint density at radius 1 is 1.22 bits per heavy atom. The molecule has 2 aliphatic rings. The molecule has 2 fully saturated rings. The van der Waals surface area contributed by atoms with Gasteiger partial charge in [0.05, 0.1) is 4.90 Å². The summed E-state index contributed by atoms with van der Waals surface area (Å²) in [6.07, 6.45) is 6.56. The van der Waals surface area contributed by atoms with E-state index in [4.69, 9.17) is 0 Å². The maximum Gasteiger partial charge on any atom is 0.175 e. The highest BCUT2D eigenvalue weighted by molar-refractivity contribution is 7.90. The highest BCUT2D eigenvalue weighted by atomic mass is 32.2. The van der Waals surface area contributed by atoms with Crippen molar-refractivity contribution in [2.24, 2.45) is 11.8 Å². The summed E-state index contributed by atoms with van der Waals surface area (Å²) in [7, 11) is -3.11. The number of benzene rings is 1. The first-order valence-corrected chi connectivity index (χ1v) is 8.48. The standard InChI is InChI=1S/C14H19NO2S/c1-18(16,17)13-4-2-3-12(9-13)15-14-8-10-5-6-11(14)7-10/h2-4,9-11,14-15H,5-8H2,1H3. The third kappa shape index (κ3) is 2.26. The first-order chi connectivity index (χ1) is 8.52. The molecule has 3 rings (SSSR count). The van der Waals surface area contributed by atoms with E-state index in [0.717, 1.165) is 17.5 Å². The molecule has 2 aliphatic carbocycles. The van der Waals surface area contributed by atoms with Crippen molar-refractivity contribution in [3.05, 3.63) is 24.3 Å². The Balaban J connectivity index is 1.77. The quantitative estimate of drug-likeness (QED) is 0.914. The molecular formula is C14H19NO2S. The minimum atomic E-state index is -3.11. The predicted molar refractivity (Wildman–Crippen MR) is 72.4 cm³/mol. The number of fused-ring (bicyclic) bond motifs is 2. The number of nitrogens with one attached hydrogen (secondary N) is 1. The van der Waals surface area contributed by atoms with Crippen LogP contribution in [0.25, 0.3) is 0 Å². The highest BCUT2D eigenvalue weighted by Gasteiger charge is 2.39. The van der Waals surface area contributed by atoms with Gasteiger partial charge in [-0.15, -0.1) is 0 Å². The summed E-state index contributed by atoms with van der Waals surface area (Å²) < 4.78 is 23.0. The van der Waals surface area contributed by atoms with Crippen molar-refractivity contribution in [1.82, 2.24) is 0 Å². The van der Waals surface area contributed by atoms with Crippen LogP contribution < -0.4 is 5.32 Å². The second-order valence-corrected chi connectivity index (χ2v) is 7.74. The molecule has 1 aromatic carbocycles. The molecule has 3 nitrogen and oxygen atoms in total. The average Bonchev–Trinajstić information content (AvgIpc) is 2.90. The Morgan fingerprint density at radius 3 is 2.67 bits per heavy atom. The van der Waals surface area contributed by atoms with Gasteiger partial charge < -0.3 is 5.32 Å². The molecule has 18 heavy (non-hydrogen) atoms. The van der Waals surface area contributed by atoms with Crippen molar-refractivity contribution >= 4 is 15.5 Å². The van der Waals surface area contributed by atoms with Gasteiger partial charge in [-0.05, 0) is 49.3 Å². The molecule has 1 aromatic rings. The van der Waals surface area contributed by atoms with Crippen LogP contribution >= 0.6 is 0 Å². The van der Waals surface area contributed by atoms with Crippen molar-refractivity contribution in [3.63, 3.8) is 0 Å². The molecule has 0 amide bonds. The Morgan fingerprint density at radius 2 is 2.06 bits per heavy atom. The lowest BCUT2D eigenvalue weighted by Gasteiger charge is -2.24. The summed E-state index contributed by atoms with van der Waals surface area (Å²) in [5.41, 5.74) is 0.940. The molecule has 3 unspecified atom stereocenters. The van der Waals surface area contributed by atoms with Gasteiger partial charge in [0.2, 0.25) is 0 Å². The Bertz CT molecular complexity index is 553. The summed E-state index contributed by atoms with van der Waals surface area (Å²) in [5, 5.41) is 3.52. The monoisotopic (exact) mass is 265 g/mol. The molecule has 4 heteroatoms. The topological polar surface area (TPSA) is 46.2 Å². The maximum absolute atomic E-state index is 11.5. The number of hydrogen-bond acceptors (Lipinski definition) is 3. The zero-order valence-corrected chi connectivity index (χ0v) is 11.4. The van der Waals surface area contributed by atoms with Gasteiger partial charge in [-0.2, -0.15) is 0 Å². The molecular weight excluding hydrogens is 246 g/mol. The molecule has 0 spiro atoms. The van der Waals surface area contributed by atoms with Crippen molar-refractivity contribution in [3.8, 4) is 0 Å². The third-order valence-electron chi connectivity index (χ3n) is 4.35. The van der Waals surface area contributed by atoms with Gasteiger partial charge >= 0.3 is 0 Å². The lowest BCUT2D eigenvalue weighted by atomic mass is 9.95. The van der Waals surface area contributed by atoms with Crippen LogP contribution in [0.5, 0.6) is 0 Å². The summed E-state index contributed by atoms with van der Waals surface area (Å²) in [6, 6.07) is 7.72. The zero-order valence-electron chi connectivity index (χ0n) is 10.6. The Kier molecular flexibility index (Phi) is 2.85. The number of hydrogen-bond donors (Lipinski definition) is 1. The molecule has 3 atom stereocenters. The molecule has 2 saturated carbocycles. The summed E-state index contributed by atoms with van der Waals surface area (Å²) in [6.45, 7) is 0. The second-order valence-electron chi connectivity index (χ2n) is 5.73. The minimum Gasteiger partial charge on any atom is -0.382 e. The van der Waals surface area contributed by atoms with E-state index in [1.807, 2.05) is 12.1 Å². The van der Waals surface area contributed by atoms with E-state index in [1.54, 1.807) is 12.1 Å². The van der Waals surface area contributed by atoms with Gasteiger partial charge in [-0.25, -0.2) is 8.42 Å². The van der Waals surface area contributed by atoms with E-state index >= 15 is 0 Å². The van der Waals surface area contributed by atoms with Crippen LogP contribution in [0.15, 0.2) is 29.2 Å². The van der Waals surface area contributed by atoms with Gasteiger partial charge in [0.15, 0.2) is 9.84 Å². The van der Waals surface area contributed by atoms with E-state index in [2.05, 4.69) is 5.32 Å². The van der Waals surface area contributed by atoms with Crippen molar-refractivity contribution in [1.29, 1.82) is 0 Å². The molecule has 0 radical (unpaired) electrons. The molecule has 2 bridgehead atoms. The van der Waals surface area contributed by atoms with E-state index < -0.39 is 9.84 Å². The fourth-order valence-corrected chi connectivity index (χ4v) is 4.12. The van der Waals surface area contributed by atoms with Crippen LogP contribution in [0.4, 0.5) is 5.69 Å². The van der Waals surface area contributed by atoms with Crippen molar-refractivity contribution in [2.45, 2.75) is 36.6 Å².